The van der Waals surface area contributed by atoms with E-state index in [1.807, 2.05) is 85.1 Å². The van der Waals surface area contributed by atoms with E-state index in [-0.39, 0.29) is 24.1 Å². The van der Waals surface area contributed by atoms with E-state index < -0.39 is 18.1 Å². The number of hydrogen-bond acceptors (Lipinski definition) is 6. The molecule has 1 aromatic heterocycles. The number of amides is 2. The van der Waals surface area contributed by atoms with Crippen LogP contribution in [-0.2, 0) is 19.1 Å². The summed E-state index contributed by atoms with van der Waals surface area (Å²) in [5.74, 6) is -0.467. The third kappa shape index (κ3) is 6.19. The molecule has 1 atom stereocenters. The van der Waals surface area contributed by atoms with Gasteiger partial charge < -0.3 is 9.64 Å². The van der Waals surface area contributed by atoms with Crippen LogP contribution in [0.15, 0.2) is 89.4 Å². The summed E-state index contributed by atoms with van der Waals surface area (Å²) in [5, 5.41) is 2.94. The number of hydrogen-bond donors (Lipinski definition) is 0. The van der Waals surface area contributed by atoms with E-state index in [0.717, 1.165) is 16.7 Å². The standard InChI is InChI=1S/C30H32N2O4S2/c1-20(2)38-19-21(3)27(31-18-25(29(31)34)32(22(4)33)26-16-11-17-37-26)30(35)36-28(23-12-7-5-8-13-23)24-14-9-6-10-15-24/h5-17,20,25,28H,18-19H2,1-4H3. The number of thioether (sulfide) groups is 1. The van der Waals surface area contributed by atoms with Crippen molar-refractivity contribution < 1.29 is 19.1 Å². The molecule has 0 N–H and O–H groups in total. The molecule has 1 aliphatic rings. The second-order valence-corrected chi connectivity index (χ2v) is 11.9. The molecular weight excluding hydrogens is 516 g/mol. The fraction of sp³-hybridized carbons (Fsp3) is 0.300. The van der Waals surface area contributed by atoms with Crippen LogP contribution < -0.4 is 4.90 Å². The predicted molar refractivity (Wildman–Crippen MR) is 154 cm³/mol. The lowest BCUT2D eigenvalue weighted by atomic mass is 10.0. The van der Waals surface area contributed by atoms with Gasteiger partial charge in [-0.1, -0.05) is 74.5 Å². The Bertz CT molecular complexity index is 1250. The van der Waals surface area contributed by atoms with Gasteiger partial charge in [0.05, 0.1) is 11.5 Å². The van der Waals surface area contributed by atoms with Gasteiger partial charge in [-0.05, 0) is 46.4 Å². The maximum absolute atomic E-state index is 13.8. The Hall–Kier alpha value is -3.36. The monoisotopic (exact) mass is 548 g/mol. The van der Waals surface area contributed by atoms with Gasteiger partial charge in [-0.2, -0.15) is 11.8 Å². The zero-order chi connectivity index (χ0) is 27.2. The predicted octanol–water partition coefficient (Wildman–Crippen LogP) is 6.06. The SMILES string of the molecule is CC(=O)N(c1cccs1)C1CN(C(C(=O)OC(c2ccccc2)c2ccccc2)=C(C)CSC(C)C)C1=O. The molecule has 0 aliphatic carbocycles. The van der Waals surface area contributed by atoms with Crippen LogP contribution in [0, 0.1) is 0 Å². The molecular formula is C30H32N2O4S2. The normalized spacial score (nSPS) is 15.8. The first kappa shape index (κ1) is 27.7. The highest BCUT2D eigenvalue weighted by molar-refractivity contribution is 8.00. The summed E-state index contributed by atoms with van der Waals surface area (Å²) >= 11 is 3.10. The summed E-state index contributed by atoms with van der Waals surface area (Å²) in [6, 6.07) is 22.2. The number of nitrogens with zero attached hydrogens (tertiary/aromatic N) is 2. The molecule has 2 heterocycles. The van der Waals surface area contributed by atoms with Crippen molar-refractivity contribution in [3.05, 3.63) is 101 Å². The van der Waals surface area contributed by atoms with Crippen molar-refractivity contribution in [1.29, 1.82) is 0 Å². The largest absolute Gasteiger partial charge is 0.448 e. The van der Waals surface area contributed by atoms with E-state index in [1.54, 1.807) is 11.8 Å². The summed E-state index contributed by atoms with van der Waals surface area (Å²) in [4.78, 5) is 42.8. The van der Waals surface area contributed by atoms with Gasteiger partial charge in [-0.15, -0.1) is 11.3 Å². The van der Waals surface area contributed by atoms with Gasteiger partial charge in [0.2, 0.25) is 5.91 Å². The summed E-state index contributed by atoms with van der Waals surface area (Å²) in [6.45, 7) is 7.73. The fourth-order valence-corrected chi connectivity index (χ4v) is 5.90. The average Bonchev–Trinajstić information content (AvgIpc) is 3.44. The smallest absolute Gasteiger partial charge is 0.355 e. The quantitative estimate of drug-likeness (QED) is 0.175. The molecule has 3 aromatic rings. The first-order chi connectivity index (χ1) is 18.3. The topological polar surface area (TPSA) is 66.9 Å². The minimum atomic E-state index is -0.654. The van der Waals surface area contributed by atoms with Crippen LogP contribution >= 0.6 is 23.1 Å². The molecule has 1 fully saturated rings. The number of ether oxygens (including phenoxy) is 1. The zero-order valence-corrected chi connectivity index (χ0v) is 23.6. The van der Waals surface area contributed by atoms with Gasteiger partial charge >= 0.3 is 5.97 Å². The maximum Gasteiger partial charge on any atom is 0.355 e. The lowest BCUT2D eigenvalue weighted by molar-refractivity contribution is -0.152. The van der Waals surface area contributed by atoms with Gasteiger partial charge in [0.1, 0.15) is 11.7 Å². The Kier molecular flexibility index (Phi) is 9.07. The van der Waals surface area contributed by atoms with Gasteiger partial charge in [0.15, 0.2) is 6.10 Å². The highest BCUT2D eigenvalue weighted by atomic mass is 32.2. The van der Waals surface area contributed by atoms with Crippen molar-refractivity contribution in [2.75, 3.05) is 17.2 Å². The van der Waals surface area contributed by atoms with Crippen LogP contribution in [-0.4, -0.2) is 46.3 Å². The molecule has 4 rings (SSSR count). The summed E-state index contributed by atoms with van der Waals surface area (Å²) in [7, 11) is 0. The van der Waals surface area contributed by atoms with E-state index in [2.05, 4.69) is 13.8 Å². The van der Waals surface area contributed by atoms with E-state index in [4.69, 9.17) is 4.74 Å². The van der Waals surface area contributed by atoms with Crippen molar-refractivity contribution in [1.82, 2.24) is 4.90 Å². The molecule has 1 saturated heterocycles. The molecule has 38 heavy (non-hydrogen) atoms. The number of thiophene rings is 1. The van der Waals surface area contributed by atoms with Crippen LogP contribution in [0.25, 0.3) is 0 Å². The van der Waals surface area contributed by atoms with Crippen LogP contribution in [0.2, 0.25) is 0 Å². The highest BCUT2D eigenvalue weighted by Crippen LogP contribution is 2.34. The van der Waals surface area contributed by atoms with Crippen LogP contribution in [0.3, 0.4) is 0 Å². The van der Waals surface area contributed by atoms with Crippen LogP contribution in [0.5, 0.6) is 0 Å². The number of likely N-dealkylation sites (tertiary alicyclic amines) is 1. The third-order valence-electron chi connectivity index (χ3n) is 6.23. The summed E-state index contributed by atoms with van der Waals surface area (Å²) in [5.41, 5.74) is 2.71. The average molecular weight is 549 g/mol. The summed E-state index contributed by atoms with van der Waals surface area (Å²) in [6.07, 6.45) is -0.627. The van der Waals surface area contributed by atoms with E-state index in [0.29, 0.717) is 16.0 Å². The van der Waals surface area contributed by atoms with Crippen molar-refractivity contribution in [2.24, 2.45) is 0 Å². The number of anilines is 1. The Morgan fingerprint density at radius 2 is 1.61 bits per heavy atom. The molecule has 198 valence electrons. The molecule has 0 spiro atoms. The van der Waals surface area contributed by atoms with E-state index in [1.165, 1.54) is 28.1 Å². The van der Waals surface area contributed by atoms with Crippen molar-refractivity contribution >= 4 is 45.9 Å². The van der Waals surface area contributed by atoms with E-state index in [9.17, 15) is 14.4 Å². The first-order valence-corrected chi connectivity index (χ1v) is 14.5. The van der Waals surface area contributed by atoms with Gasteiger partial charge in [-0.25, -0.2) is 4.79 Å². The van der Waals surface area contributed by atoms with Crippen molar-refractivity contribution in [2.45, 2.75) is 45.1 Å². The lowest BCUT2D eigenvalue weighted by Crippen LogP contribution is -2.65. The molecule has 0 radical (unpaired) electrons. The number of carbonyl (C=O) groups is 3. The third-order valence-corrected chi connectivity index (χ3v) is 8.37. The van der Waals surface area contributed by atoms with Gasteiger partial charge in [0.25, 0.3) is 5.91 Å². The molecule has 6 nitrogen and oxygen atoms in total. The number of benzene rings is 2. The number of esters is 1. The molecule has 8 heteroatoms. The molecule has 1 aliphatic heterocycles. The molecule has 2 aromatic carbocycles. The minimum Gasteiger partial charge on any atom is -0.448 e. The molecule has 0 bridgehead atoms. The second-order valence-electron chi connectivity index (χ2n) is 9.40. The first-order valence-electron chi connectivity index (χ1n) is 12.5. The lowest BCUT2D eigenvalue weighted by Gasteiger charge is -2.44. The molecule has 0 saturated carbocycles. The minimum absolute atomic E-state index is 0.209. The molecule has 2 amide bonds. The van der Waals surface area contributed by atoms with Crippen molar-refractivity contribution in [3.63, 3.8) is 0 Å². The Morgan fingerprint density at radius 1 is 1.00 bits per heavy atom. The number of β-lactam (4-membered cyclic amide) rings is 1. The second kappa shape index (κ2) is 12.5. The highest BCUT2D eigenvalue weighted by Gasteiger charge is 2.47. The number of rotatable bonds is 10. The Labute approximate surface area is 232 Å². The maximum atomic E-state index is 13.8. The Morgan fingerprint density at radius 3 is 2.08 bits per heavy atom. The summed E-state index contributed by atoms with van der Waals surface area (Å²) < 4.78 is 6.15. The van der Waals surface area contributed by atoms with E-state index >= 15 is 0 Å². The Balaban J connectivity index is 1.64. The van der Waals surface area contributed by atoms with Gasteiger partial charge in [-0.3, -0.25) is 14.5 Å². The van der Waals surface area contributed by atoms with Gasteiger partial charge in [0, 0.05) is 12.7 Å². The van der Waals surface area contributed by atoms with Crippen molar-refractivity contribution in [3.8, 4) is 0 Å². The number of carbonyl (C=O) groups excluding carboxylic acids is 3. The fourth-order valence-electron chi connectivity index (χ4n) is 4.36. The van der Waals surface area contributed by atoms with Crippen LogP contribution in [0.4, 0.5) is 5.00 Å². The molecule has 1 unspecified atom stereocenters. The van der Waals surface area contributed by atoms with Crippen LogP contribution in [0.1, 0.15) is 44.9 Å². The zero-order valence-electron chi connectivity index (χ0n) is 22.0.